The highest BCUT2D eigenvalue weighted by Gasteiger charge is 2.39. The van der Waals surface area contributed by atoms with Crippen molar-refractivity contribution in [2.75, 3.05) is 20.2 Å². The number of hydrogen-bond donors (Lipinski definition) is 1. The SMILES string of the molecule is COC(=O)C1CCN(C2CC(C(=O)O)C2)CC1. The van der Waals surface area contributed by atoms with Crippen molar-refractivity contribution in [3.05, 3.63) is 0 Å². The number of rotatable bonds is 3. The van der Waals surface area contributed by atoms with Gasteiger partial charge in [0.1, 0.15) is 0 Å². The molecule has 1 saturated carbocycles. The molecular weight excluding hydrogens is 222 g/mol. The van der Waals surface area contributed by atoms with Crippen molar-refractivity contribution in [1.29, 1.82) is 0 Å². The average Bonchev–Trinajstić information content (AvgIpc) is 2.26. The maximum atomic E-state index is 11.3. The predicted octanol–water partition coefficient (Wildman–Crippen LogP) is 0.735. The molecule has 0 aromatic heterocycles. The van der Waals surface area contributed by atoms with Gasteiger partial charge >= 0.3 is 11.9 Å². The lowest BCUT2D eigenvalue weighted by atomic mass is 9.78. The van der Waals surface area contributed by atoms with Crippen LogP contribution in [0.15, 0.2) is 0 Å². The van der Waals surface area contributed by atoms with E-state index < -0.39 is 5.97 Å². The minimum Gasteiger partial charge on any atom is -0.481 e. The van der Waals surface area contributed by atoms with Crippen molar-refractivity contribution >= 4 is 11.9 Å². The van der Waals surface area contributed by atoms with Gasteiger partial charge in [0.2, 0.25) is 0 Å². The molecule has 0 unspecified atom stereocenters. The van der Waals surface area contributed by atoms with Gasteiger partial charge in [-0.05, 0) is 38.8 Å². The molecule has 5 heteroatoms. The van der Waals surface area contributed by atoms with Gasteiger partial charge in [-0.3, -0.25) is 9.59 Å². The Balaban J connectivity index is 1.74. The lowest BCUT2D eigenvalue weighted by Crippen LogP contribution is -2.50. The summed E-state index contributed by atoms with van der Waals surface area (Å²) in [5, 5.41) is 8.82. The van der Waals surface area contributed by atoms with Crippen LogP contribution in [-0.2, 0) is 14.3 Å². The van der Waals surface area contributed by atoms with Crippen molar-refractivity contribution in [1.82, 2.24) is 4.90 Å². The van der Waals surface area contributed by atoms with E-state index in [1.165, 1.54) is 7.11 Å². The first-order valence-electron chi connectivity index (χ1n) is 6.16. The zero-order valence-electron chi connectivity index (χ0n) is 10.1. The van der Waals surface area contributed by atoms with E-state index in [-0.39, 0.29) is 17.8 Å². The highest BCUT2D eigenvalue weighted by atomic mass is 16.5. The van der Waals surface area contributed by atoms with Gasteiger partial charge in [0, 0.05) is 6.04 Å². The number of carbonyl (C=O) groups excluding carboxylic acids is 1. The predicted molar refractivity (Wildman–Crippen MR) is 60.5 cm³/mol. The topological polar surface area (TPSA) is 66.8 Å². The molecule has 1 N–H and O–H groups in total. The quantitative estimate of drug-likeness (QED) is 0.738. The minimum atomic E-state index is -0.675. The second-order valence-electron chi connectivity index (χ2n) is 4.99. The molecule has 5 nitrogen and oxygen atoms in total. The summed E-state index contributed by atoms with van der Waals surface area (Å²) in [7, 11) is 1.43. The molecule has 1 heterocycles. The van der Waals surface area contributed by atoms with Gasteiger partial charge in [0.05, 0.1) is 18.9 Å². The van der Waals surface area contributed by atoms with Gasteiger partial charge < -0.3 is 14.7 Å². The summed E-state index contributed by atoms with van der Waals surface area (Å²) < 4.78 is 4.74. The van der Waals surface area contributed by atoms with Crippen LogP contribution < -0.4 is 0 Å². The Hall–Kier alpha value is -1.10. The van der Waals surface area contributed by atoms with Gasteiger partial charge in [0.25, 0.3) is 0 Å². The molecule has 1 aliphatic heterocycles. The summed E-state index contributed by atoms with van der Waals surface area (Å²) in [6.07, 6.45) is 3.19. The number of methoxy groups -OCH3 is 1. The Morgan fingerprint density at radius 1 is 1.18 bits per heavy atom. The van der Waals surface area contributed by atoms with E-state index in [9.17, 15) is 9.59 Å². The first-order chi connectivity index (χ1) is 8.11. The molecule has 1 saturated heterocycles. The van der Waals surface area contributed by atoms with Crippen molar-refractivity contribution in [2.24, 2.45) is 11.8 Å². The van der Waals surface area contributed by atoms with Crippen LogP contribution in [0, 0.1) is 11.8 Å². The van der Waals surface area contributed by atoms with Crippen LogP contribution in [-0.4, -0.2) is 48.2 Å². The number of ether oxygens (including phenoxy) is 1. The third-order valence-corrected chi connectivity index (χ3v) is 4.04. The summed E-state index contributed by atoms with van der Waals surface area (Å²) in [4.78, 5) is 24.4. The Morgan fingerprint density at radius 2 is 1.76 bits per heavy atom. The molecule has 0 bridgehead atoms. The molecule has 17 heavy (non-hydrogen) atoms. The number of carboxylic acids is 1. The minimum absolute atomic E-state index is 0.0339. The van der Waals surface area contributed by atoms with Crippen molar-refractivity contribution in [2.45, 2.75) is 31.7 Å². The van der Waals surface area contributed by atoms with E-state index in [1.807, 2.05) is 0 Å². The molecule has 2 aliphatic rings. The second-order valence-corrected chi connectivity index (χ2v) is 4.99. The van der Waals surface area contributed by atoms with Gasteiger partial charge in [-0.2, -0.15) is 0 Å². The zero-order valence-corrected chi connectivity index (χ0v) is 10.1. The molecule has 2 fully saturated rings. The normalized spacial score (nSPS) is 30.6. The maximum Gasteiger partial charge on any atom is 0.308 e. The number of piperidine rings is 1. The van der Waals surface area contributed by atoms with Gasteiger partial charge in [-0.25, -0.2) is 0 Å². The zero-order chi connectivity index (χ0) is 12.4. The summed E-state index contributed by atoms with van der Waals surface area (Å²) in [5.74, 6) is -0.905. The Morgan fingerprint density at radius 3 is 2.24 bits per heavy atom. The maximum absolute atomic E-state index is 11.3. The molecule has 0 aromatic rings. The third kappa shape index (κ3) is 2.60. The number of carboxylic acid groups (broad SMARTS) is 1. The monoisotopic (exact) mass is 241 g/mol. The van der Waals surface area contributed by atoms with E-state index in [4.69, 9.17) is 9.84 Å². The molecule has 0 aromatic carbocycles. The molecule has 0 spiro atoms. The van der Waals surface area contributed by atoms with Crippen LogP contribution >= 0.6 is 0 Å². The highest BCUT2D eigenvalue weighted by Crippen LogP contribution is 2.34. The fourth-order valence-corrected chi connectivity index (χ4v) is 2.75. The Labute approximate surface area is 101 Å². The molecule has 0 radical (unpaired) electrons. The van der Waals surface area contributed by atoms with Gasteiger partial charge in [0.15, 0.2) is 0 Å². The smallest absolute Gasteiger partial charge is 0.308 e. The third-order valence-electron chi connectivity index (χ3n) is 4.04. The Bertz CT molecular complexity index is 304. The number of aliphatic carboxylic acids is 1. The van der Waals surface area contributed by atoms with Crippen LogP contribution in [0.2, 0.25) is 0 Å². The molecular formula is C12H19NO4. The van der Waals surface area contributed by atoms with Crippen LogP contribution in [0.5, 0.6) is 0 Å². The number of esters is 1. The molecule has 1 aliphatic carbocycles. The van der Waals surface area contributed by atoms with E-state index in [0.717, 1.165) is 38.8 Å². The van der Waals surface area contributed by atoms with Crippen molar-refractivity contribution in [3.8, 4) is 0 Å². The van der Waals surface area contributed by atoms with Crippen LogP contribution in [0.1, 0.15) is 25.7 Å². The van der Waals surface area contributed by atoms with E-state index in [0.29, 0.717) is 6.04 Å². The lowest BCUT2D eigenvalue weighted by Gasteiger charge is -2.44. The summed E-state index contributed by atoms with van der Waals surface area (Å²) in [6.45, 7) is 1.77. The van der Waals surface area contributed by atoms with Crippen LogP contribution in [0.25, 0.3) is 0 Å². The summed E-state index contributed by atoms with van der Waals surface area (Å²) in [5.41, 5.74) is 0. The first-order valence-corrected chi connectivity index (χ1v) is 6.16. The number of nitrogens with zero attached hydrogens (tertiary/aromatic N) is 1. The fraction of sp³-hybridized carbons (Fsp3) is 0.833. The highest BCUT2D eigenvalue weighted by molar-refractivity contribution is 5.72. The summed E-state index contributed by atoms with van der Waals surface area (Å²) in [6, 6.07) is 0.412. The lowest BCUT2D eigenvalue weighted by molar-refractivity contribution is -0.149. The molecule has 2 rings (SSSR count). The van der Waals surface area contributed by atoms with Gasteiger partial charge in [-0.15, -0.1) is 0 Å². The van der Waals surface area contributed by atoms with E-state index >= 15 is 0 Å². The first kappa shape index (κ1) is 12.4. The average molecular weight is 241 g/mol. The second kappa shape index (κ2) is 5.04. The fourth-order valence-electron chi connectivity index (χ4n) is 2.75. The van der Waals surface area contributed by atoms with Crippen LogP contribution in [0.4, 0.5) is 0 Å². The van der Waals surface area contributed by atoms with Crippen molar-refractivity contribution < 1.29 is 19.4 Å². The van der Waals surface area contributed by atoms with E-state index in [1.54, 1.807) is 0 Å². The number of likely N-dealkylation sites (tertiary alicyclic amines) is 1. The molecule has 0 atom stereocenters. The van der Waals surface area contributed by atoms with Gasteiger partial charge in [-0.1, -0.05) is 0 Å². The van der Waals surface area contributed by atoms with Crippen LogP contribution in [0.3, 0.4) is 0 Å². The summed E-state index contributed by atoms with van der Waals surface area (Å²) >= 11 is 0. The number of hydrogen-bond acceptors (Lipinski definition) is 4. The molecule has 0 amide bonds. The largest absolute Gasteiger partial charge is 0.481 e. The number of carbonyl (C=O) groups is 2. The van der Waals surface area contributed by atoms with Crippen molar-refractivity contribution in [3.63, 3.8) is 0 Å². The molecule has 96 valence electrons. The van der Waals surface area contributed by atoms with E-state index in [2.05, 4.69) is 4.90 Å². The Kier molecular flexibility index (Phi) is 3.66. The standard InChI is InChI=1S/C12H19NO4/c1-17-12(16)8-2-4-13(5-3-8)10-6-9(7-10)11(14)15/h8-10H,2-7H2,1H3,(H,14,15).